The first-order valence-corrected chi connectivity index (χ1v) is 9.85. The third-order valence-corrected chi connectivity index (χ3v) is 5.42. The summed E-state index contributed by atoms with van der Waals surface area (Å²) in [6, 6.07) is 6.05. The Kier molecular flexibility index (Phi) is 5.27. The second-order valence-corrected chi connectivity index (χ2v) is 7.58. The number of aromatic nitrogens is 4. The molecule has 0 radical (unpaired) electrons. The molecule has 2 aromatic heterocycles. The maximum atomic E-state index is 5.59. The number of methoxy groups -OCH3 is 2. The van der Waals surface area contributed by atoms with Gasteiger partial charge in [-0.25, -0.2) is 4.98 Å². The van der Waals surface area contributed by atoms with Crippen molar-refractivity contribution in [3.63, 3.8) is 0 Å². The molecule has 29 heavy (non-hydrogen) atoms. The van der Waals surface area contributed by atoms with Gasteiger partial charge in [-0.3, -0.25) is 4.90 Å². The van der Waals surface area contributed by atoms with E-state index in [0.717, 1.165) is 59.9 Å². The molecule has 0 unspecified atom stereocenters. The van der Waals surface area contributed by atoms with Gasteiger partial charge in [0.1, 0.15) is 23.5 Å². The smallest absolute Gasteiger partial charge is 0.197 e. The van der Waals surface area contributed by atoms with E-state index < -0.39 is 0 Å². The number of hydrogen-bond acceptors (Lipinski definition) is 7. The van der Waals surface area contributed by atoms with Crippen molar-refractivity contribution in [1.82, 2.24) is 24.6 Å². The molecule has 0 amide bonds. The lowest BCUT2D eigenvalue weighted by molar-refractivity contribution is 0.155. The van der Waals surface area contributed by atoms with Crippen molar-refractivity contribution in [2.24, 2.45) is 0 Å². The minimum Gasteiger partial charge on any atom is -0.497 e. The van der Waals surface area contributed by atoms with Gasteiger partial charge in [-0.05, 0) is 13.0 Å². The van der Waals surface area contributed by atoms with Gasteiger partial charge >= 0.3 is 0 Å². The van der Waals surface area contributed by atoms with E-state index >= 15 is 0 Å². The highest BCUT2D eigenvalue weighted by atomic mass is 16.5. The van der Waals surface area contributed by atoms with E-state index in [2.05, 4.69) is 51.5 Å². The Labute approximate surface area is 170 Å². The van der Waals surface area contributed by atoms with Crippen molar-refractivity contribution < 1.29 is 13.9 Å². The highest BCUT2D eigenvalue weighted by Crippen LogP contribution is 2.32. The van der Waals surface area contributed by atoms with Crippen molar-refractivity contribution in [3.8, 4) is 23.0 Å². The average Bonchev–Trinajstić information content (AvgIpc) is 3.37. The molecule has 1 atom stereocenters. The number of hydrogen-bond donors (Lipinski definition) is 0. The number of fused-ring (bicyclic) bond motifs is 1. The molecule has 0 bridgehead atoms. The third-order valence-electron chi connectivity index (χ3n) is 5.42. The summed E-state index contributed by atoms with van der Waals surface area (Å²) >= 11 is 0. The lowest BCUT2D eigenvalue weighted by Gasteiger charge is -2.33. The van der Waals surface area contributed by atoms with Gasteiger partial charge in [-0.1, -0.05) is 19.9 Å². The zero-order valence-electron chi connectivity index (χ0n) is 17.5. The normalized spacial score (nSPS) is 16.8. The van der Waals surface area contributed by atoms with E-state index in [1.165, 1.54) is 0 Å². The van der Waals surface area contributed by atoms with Crippen LogP contribution in [0.4, 0.5) is 0 Å². The highest BCUT2D eigenvalue weighted by Gasteiger charge is 2.30. The van der Waals surface area contributed by atoms with Crippen LogP contribution in [0, 0.1) is 0 Å². The Morgan fingerprint density at radius 1 is 1.17 bits per heavy atom. The molecule has 154 valence electrons. The highest BCUT2D eigenvalue weighted by molar-refractivity contribution is 5.48. The predicted octanol–water partition coefficient (Wildman–Crippen LogP) is 3.65. The summed E-state index contributed by atoms with van der Waals surface area (Å²) < 4.78 is 18.6. The van der Waals surface area contributed by atoms with Crippen LogP contribution in [0.2, 0.25) is 0 Å². The first-order valence-electron chi connectivity index (χ1n) is 9.85. The number of ether oxygens (including phenoxy) is 2. The molecule has 0 fully saturated rings. The van der Waals surface area contributed by atoms with Gasteiger partial charge in [-0.15, -0.1) is 10.2 Å². The van der Waals surface area contributed by atoms with Crippen molar-refractivity contribution in [2.45, 2.75) is 45.8 Å². The molecule has 0 N–H and O–H groups in total. The van der Waals surface area contributed by atoms with Gasteiger partial charge in [-0.2, -0.15) is 0 Å². The van der Waals surface area contributed by atoms with E-state index in [1.54, 1.807) is 20.5 Å². The Balaban J connectivity index is 1.57. The average molecular weight is 397 g/mol. The topological polar surface area (TPSA) is 78.4 Å². The molecule has 3 heterocycles. The van der Waals surface area contributed by atoms with Gasteiger partial charge in [0.25, 0.3) is 0 Å². The van der Waals surface area contributed by atoms with Crippen LogP contribution in [-0.4, -0.2) is 45.4 Å². The second kappa shape index (κ2) is 7.87. The second-order valence-electron chi connectivity index (χ2n) is 7.58. The van der Waals surface area contributed by atoms with Crippen LogP contribution in [0.25, 0.3) is 11.5 Å². The fourth-order valence-corrected chi connectivity index (χ4v) is 3.69. The molecule has 8 heteroatoms. The van der Waals surface area contributed by atoms with Gasteiger partial charge in [0.05, 0.1) is 20.3 Å². The van der Waals surface area contributed by atoms with Crippen LogP contribution in [0.1, 0.15) is 50.0 Å². The first-order chi connectivity index (χ1) is 14.0. The quantitative estimate of drug-likeness (QED) is 0.628. The number of oxazole rings is 1. The lowest BCUT2D eigenvalue weighted by atomic mass is 10.1. The zero-order valence-corrected chi connectivity index (χ0v) is 17.5. The van der Waals surface area contributed by atoms with Crippen molar-refractivity contribution in [2.75, 3.05) is 20.8 Å². The Hall–Kier alpha value is -2.87. The fourth-order valence-electron chi connectivity index (χ4n) is 3.69. The van der Waals surface area contributed by atoms with Crippen molar-refractivity contribution >= 4 is 0 Å². The number of rotatable bonds is 6. The molecule has 0 saturated heterocycles. The molecular weight excluding hydrogens is 370 g/mol. The number of nitrogens with zero attached hydrogens (tertiary/aromatic N) is 5. The molecule has 0 saturated carbocycles. The van der Waals surface area contributed by atoms with Crippen molar-refractivity contribution in [1.29, 1.82) is 0 Å². The van der Waals surface area contributed by atoms with Gasteiger partial charge in [0.2, 0.25) is 0 Å². The third kappa shape index (κ3) is 3.60. The molecule has 3 aromatic rings. The summed E-state index contributed by atoms with van der Waals surface area (Å²) in [5.74, 6) is 4.27. The van der Waals surface area contributed by atoms with Crippen LogP contribution in [0.15, 0.2) is 28.9 Å². The van der Waals surface area contributed by atoms with E-state index in [4.69, 9.17) is 13.9 Å². The molecular formula is C21H27N5O3. The van der Waals surface area contributed by atoms with Gasteiger partial charge in [0, 0.05) is 37.2 Å². The molecule has 1 aliphatic rings. The SMILES string of the molecule is COc1ccc(CN2CCn3c(-c4coc(C(C)C)n4)nnc3[C@@H]2C)c(OC)c1. The summed E-state index contributed by atoms with van der Waals surface area (Å²) in [5, 5.41) is 8.88. The van der Waals surface area contributed by atoms with E-state index in [9.17, 15) is 0 Å². The minimum absolute atomic E-state index is 0.119. The Morgan fingerprint density at radius 2 is 2.00 bits per heavy atom. The molecule has 0 aliphatic carbocycles. The largest absolute Gasteiger partial charge is 0.497 e. The Bertz CT molecular complexity index is 994. The van der Waals surface area contributed by atoms with Gasteiger partial charge in [0.15, 0.2) is 17.5 Å². The molecule has 0 spiro atoms. The summed E-state index contributed by atoms with van der Waals surface area (Å²) in [4.78, 5) is 6.95. The van der Waals surface area contributed by atoms with Crippen molar-refractivity contribution in [3.05, 3.63) is 41.7 Å². The summed E-state index contributed by atoms with van der Waals surface area (Å²) in [6.45, 7) is 8.71. The van der Waals surface area contributed by atoms with Crippen LogP contribution < -0.4 is 9.47 Å². The maximum Gasteiger partial charge on any atom is 0.197 e. The van der Waals surface area contributed by atoms with E-state index in [0.29, 0.717) is 0 Å². The first kappa shape index (κ1) is 19.4. The van der Waals surface area contributed by atoms with E-state index in [-0.39, 0.29) is 12.0 Å². The zero-order chi connectivity index (χ0) is 20.5. The summed E-state index contributed by atoms with van der Waals surface area (Å²) in [7, 11) is 3.34. The lowest BCUT2D eigenvalue weighted by Crippen LogP contribution is -2.36. The molecule has 1 aromatic carbocycles. The van der Waals surface area contributed by atoms with Gasteiger partial charge < -0.3 is 18.5 Å². The predicted molar refractivity (Wildman–Crippen MR) is 108 cm³/mol. The monoisotopic (exact) mass is 397 g/mol. The van der Waals surface area contributed by atoms with Crippen LogP contribution in [-0.2, 0) is 13.1 Å². The van der Waals surface area contributed by atoms with Crippen LogP contribution >= 0.6 is 0 Å². The molecule has 8 nitrogen and oxygen atoms in total. The minimum atomic E-state index is 0.119. The molecule has 4 rings (SSSR count). The summed E-state index contributed by atoms with van der Waals surface area (Å²) in [5.41, 5.74) is 1.86. The maximum absolute atomic E-state index is 5.59. The van der Waals surface area contributed by atoms with Crippen LogP contribution in [0.3, 0.4) is 0 Å². The molecule has 1 aliphatic heterocycles. The summed E-state index contributed by atoms with van der Waals surface area (Å²) in [6.07, 6.45) is 1.67. The van der Waals surface area contributed by atoms with Crippen LogP contribution in [0.5, 0.6) is 11.5 Å². The Morgan fingerprint density at radius 3 is 2.69 bits per heavy atom. The van der Waals surface area contributed by atoms with E-state index in [1.807, 2.05) is 12.1 Å². The number of benzene rings is 1. The standard InChI is InChI=1S/C21H27N5O3/c1-13(2)21-22-17(12-29-21)20-24-23-19-14(3)25(8-9-26(19)20)11-15-6-7-16(27-4)10-18(15)28-5/h6-7,10,12-14H,8-9,11H2,1-5H3/t14-/m0/s1. The fraction of sp³-hybridized carbons (Fsp3) is 0.476.